The molecular weight excluding hydrogens is 260 g/mol. The first kappa shape index (κ1) is 13.1. The van der Waals surface area contributed by atoms with Crippen molar-refractivity contribution < 1.29 is 14.3 Å². The standard InChI is InChI=1S/C13H18N4O3/c18-11-7-10(13(20-11)4-1-2-5-13)12(19)14-6-3-9-8-15-17-16-9/h8,10H,1-7H2,(H,14,19)(H,15,16,17)/t10-/m0/s1. The molecule has 2 aliphatic rings. The number of hydrogen-bond donors (Lipinski definition) is 2. The van der Waals surface area contributed by atoms with Crippen LogP contribution in [0.15, 0.2) is 6.20 Å². The van der Waals surface area contributed by atoms with Gasteiger partial charge in [-0.3, -0.25) is 9.59 Å². The zero-order valence-corrected chi connectivity index (χ0v) is 11.2. The predicted octanol–water partition coefficient (Wildman–Crippen LogP) is 0.339. The topological polar surface area (TPSA) is 97.0 Å². The summed E-state index contributed by atoms with van der Waals surface area (Å²) in [6.07, 6.45) is 6.12. The molecule has 0 unspecified atom stereocenters. The number of nitrogens with zero attached hydrogens (tertiary/aromatic N) is 2. The maximum absolute atomic E-state index is 12.3. The molecule has 108 valence electrons. The number of nitrogens with one attached hydrogen (secondary N) is 2. The molecule has 1 saturated carbocycles. The minimum atomic E-state index is -0.533. The third kappa shape index (κ3) is 2.39. The highest BCUT2D eigenvalue weighted by Gasteiger charge is 2.53. The number of aromatic nitrogens is 3. The van der Waals surface area contributed by atoms with Crippen LogP contribution in [0.2, 0.25) is 0 Å². The zero-order chi connectivity index (χ0) is 14.0. The van der Waals surface area contributed by atoms with Crippen LogP contribution in [-0.4, -0.2) is 39.4 Å². The highest BCUT2D eigenvalue weighted by atomic mass is 16.6. The quantitative estimate of drug-likeness (QED) is 0.774. The molecule has 2 heterocycles. The van der Waals surface area contributed by atoms with Crippen molar-refractivity contribution in [1.29, 1.82) is 0 Å². The van der Waals surface area contributed by atoms with Gasteiger partial charge < -0.3 is 10.1 Å². The predicted molar refractivity (Wildman–Crippen MR) is 68.5 cm³/mol. The van der Waals surface area contributed by atoms with Gasteiger partial charge in [0.25, 0.3) is 0 Å². The highest BCUT2D eigenvalue weighted by Crippen LogP contribution is 2.45. The molecule has 0 bridgehead atoms. The van der Waals surface area contributed by atoms with E-state index < -0.39 is 5.60 Å². The van der Waals surface area contributed by atoms with E-state index in [0.717, 1.165) is 31.4 Å². The Labute approximate surface area is 116 Å². The van der Waals surface area contributed by atoms with Gasteiger partial charge in [-0.15, -0.1) is 0 Å². The minimum Gasteiger partial charge on any atom is -0.458 e. The van der Waals surface area contributed by atoms with Crippen molar-refractivity contribution in [2.45, 2.75) is 44.1 Å². The summed E-state index contributed by atoms with van der Waals surface area (Å²) >= 11 is 0. The SMILES string of the molecule is O=C1C[C@@H](C(=O)NCCc2cn[nH]n2)C2(CCCC2)O1. The van der Waals surface area contributed by atoms with Gasteiger partial charge in [-0.05, 0) is 25.7 Å². The van der Waals surface area contributed by atoms with Crippen molar-refractivity contribution in [3.8, 4) is 0 Å². The third-order valence-corrected chi connectivity index (χ3v) is 4.23. The van der Waals surface area contributed by atoms with Crippen LogP contribution in [0.25, 0.3) is 0 Å². The zero-order valence-electron chi connectivity index (χ0n) is 11.2. The van der Waals surface area contributed by atoms with Gasteiger partial charge in [-0.2, -0.15) is 15.4 Å². The highest BCUT2D eigenvalue weighted by molar-refractivity contribution is 5.87. The molecule has 0 radical (unpaired) electrons. The van der Waals surface area contributed by atoms with Crippen LogP contribution in [-0.2, 0) is 20.7 Å². The van der Waals surface area contributed by atoms with E-state index in [-0.39, 0.29) is 24.2 Å². The lowest BCUT2D eigenvalue weighted by molar-refractivity contribution is -0.149. The van der Waals surface area contributed by atoms with E-state index in [9.17, 15) is 9.59 Å². The molecule has 3 rings (SSSR count). The number of aromatic amines is 1. The van der Waals surface area contributed by atoms with Crippen molar-refractivity contribution >= 4 is 11.9 Å². The normalized spacial score (nSPS) is 24.0. The molecule has 1 aliphatic heterocycles. The van der Waals surface area contributed by atoms with Crippen molar-refractivity contribution in [3.05, 3.63) is 11.9 Å². The van der Waals surface area contributed by atoms with Crippen molar-refractivity contribution in [2.75, 3.05) is 6.54 Å². The van der Waals surface area contributed by atoms with E-state index in [0.29, 0.717) is 13.0 Å². The first-order valence-corrected chi connectivity index (χ1v) is 7.04. The van der Waals surface area contributed by atoms with Crippen molar-refractivity contribution in [2.24, 2.45) is 5.92 Å². The molecule has 0 aromatic carbocycles. The molecule has 7 heteroatoms. The first-order valence-electron chi connectivity index (χ1n) is 7.04. The van der Waals surface area contributed by atoms with Crippen LogP contribution in [0.3, 0.4) is 0 Å². The summed E-state index contributed by atoms with van der Waals surface area (Å²) in [4.78, 5) is 23.8. The van der Waals surface area contributed by atoms with Crippen LogP contribution < -0.4 is 5.32 Å². The average Bonchev–Trinajstić information content (AvgIpc) is 3.12. The Morgan fingerprint density at radius 1 is 1.50 bits per heavy atom. The maximum atomic E-state index is 12.3. The summed E-state index contributed by atoms with van der Waals surface area (Å²) in [5.74, 6) is -0.667. The number of amides is 1. The van der Waals surface area contributed by atoms with Crippen LogP contribution in [0.5, 0.6) is 0 Å². The summed E-state index contributed by atoms with van der Waals surface area (Å²) in [5.41, 5.74) is 0.273. The molecule has 2 N–H and O–H groups in total. The van der Waals surface area contributed by atoms with Crippen LogP contribution in [0.1, 0.15) is 37.8 Å². The average molecular weight is 278 g/mol. The molecule has 20 heavy (non-hydrogen) atoms. The van der Waals surface area contributed by atoms with Gasteiger partial charge in [0, 0.05) is 13.0 Å². The molecule has 2 fully saturated rings. The lowest BCUT2D eigenvalue weighted by Gasteiger charge is -2.27. The number of hydrogen-bond acceptors (Lipinski definition) is 5. The minimum absolute atomic E-state index is 0.0822. The monoisotopic (exact) mass is 278 g/mol. The summed E-state index contributed by atoms with van der Waals surface area (Å²) in [6.45, 7) is 0.492. The van der Waals surface area contributed by atoms with E-state index in [2.05, 4.69) is 20.7 Å². The second-order valence-corrected chi connectivity index (χ2v) is 5.51. The van der Waals surface area contributed by atoms with Gasteiger partial charge in [0.15, 0.2) is 0 Å². The number of esters is 1. The fourth-order valence-electron chi connectivity index (χ4n) is 3.23. The molecule has 1 spiro atoms. The number of ether oxygens (including phenoxy) is 1. The van der Waals surface area contributed by atoms with E-state index in [1.54, 1.807) is 6.20 Å². The summed E-state index contributed by atoms with van der Waals surface area (Å²) < 4.78 is 5.47. The van der Waals surface area contributed by atoms with Gasteiger partial charge in [0.2, 0.25) is 5.91 Å². The molecule has 1 aromatic rings. The molecule has 1 aromatic heterocycles. The van der Waals surface area contributed by atoms with Crippen molar-refractivity contribution in [1.82, 2.24) is 20.7 Å². The number of rotatable bonds is 4. The molecular formula is C13H18N4O3. The Balaban J connectivity index is 1.57. The summed E-state index contributed by atoms with van der Waals surface area (Å²) in [6, 6.07) is 0. The van der Waals surface area contributed by atoms with Gasteiger partial charge in [0.05, 0.1) is 24.2 Å². The van der Waals surface area contributed by atoms with Gasteiger partial charge >= 0.3 is 5.97 Å². The number of carbonyl (C=O) groups excluding carboxylic acids is 2. The third-order valence-electron chi connectivity index (χ3n) is 4.23. The maximum Gasteiger partial charge on any atom is 0.307 e. The second-order valence-electron chi connectivity index (χ2n) is 5.51. The van der Waals surface area contributed by atoms with E-state index in [1.807, 2.05) is 0 Å². The van der Waals surface area contributed by atoms with Gasteiger partial charge in [0.1, 0.15) is 5.60 Å². The molecule has 1 saturated heterocycles. The molecule has 1 atom stereocenters. The van der Waals surface area contributed by atoms with Crippen LogP contribution in [0, 0.1) is 5.92 Å². The van der Waals surface area contributed by atoms with E-state index in [1.165, 1.54) is 0 Å². The lowest BCUT2D eigenvalue weighted by Crippen LogP contribution is -2.43. The van der Waals surface area contributed by atoms with Crippen LogP contribution in [0.4, 0.5) is 0 Å². The Kier molecular flexibility index (Phi) is 3.42. The fourth-order valence-corrected chi connectivity index (χ4v) is 3.23. The smallest absolute Gasteiger partial charge is 0.307 e. The molecule has 1 amide bonds. The van der Waals surface area contributed by atoms with Gasteiger partial charge in [-0.25, -0.2) is 0 Å². The lowest BCUT2D eigenvalue weighted by atomic mass is 9.85. The number of H-pyrrole nitrogens is 1. The Hall–Kier alpha value is -1.92. The van der Waals surface area contributed by atoms with Gasteiger partial charge in [-0.1, -0.05) is 0 Å². The molecule has 7 nitrogen and oxygen atoms in total. The summed E-state index contributed by atoms with van der Waals surface area (Å²) in [7, 11) is 0. The molecule has 1 aliphatic carbocycles. The van der Waals surface area contributed by atoms with E-state index in [4.69, 9.17) is 4.74 Å². The van der Waals surface area contributed by atoms with Crippen LogP contribution >= 0.6 is 0 Å². The summed E-state index contributed by atoms with van der Waals surface area (Å²) in [5, 5.41) is 13.1. The Morgan fingerprint density at radius 2 is 2.30 bits per heavy atom. The Bertz CT molecular complexity index is 494. The second kappa shape index (κ2) is 5.22. The van der Waals surface area contributed by atoms with Crippen molar-refractivity contribution in [3.63, 3.8) is 0 Å². The Morgan fingerprint density at radius 3 is 3.00 bits per heavy atom. The number of carbonyl (C=O) groups is 2. The largest absolute Gasteiger partial charge is 0.458 e. The first-order chi connectivity index (χ1) is 9.70. The fraction of sp³-hybridized carbons (Fsp3) is 0.692. The van der Waals surface area contributed by atoms with E-state index >= 15 is 0 Å².